The SMILES string of the molecule is CC(=O)Nc1cccc(-c2ccc3c(=O)[nH]c(Nc4ccccc4)cc3c2)c1. The average Bonchev–Trinajstić information content (AvgIpc) is 2.68. The van der Waals surface area contributed by atoms with E-state index in [1.807, 2.05) is 78.9 Å². The standard InChI is InChI=1S/C23H19N3O2/c1-15(27)24-20-9-5-6-16(13-20)17-10-11-21-18(12-17)14-22(26-23(21)28)25-19-7-3-2-4-8-19/h2-14H,1H3,(H,24,27)(H2,25,26,28). The summed E-state index contributed by atoms with van der Waals surface area (Å²) in [5.41, 5.74) is 3.43. The maximum absolute atomic E-state index is 12.5. The van der Waals surface area contributed by atoms with Crippen molar-refractivity contribution in [3.8, 4) is 11.1 Å². The van der Waals surface area contributed by atoms with Crippen LogP contribution in [0.5, 0.6) is 0 Å². The molecule has 0 aliphatic rings. The van der Waals surface area contributed by atoms with E-state index in [0.29, 0.717) is 11.2 Å². The Morgan fingerprint density at radius 2 is 1.57 bits per heavy atom. The summed E-state index contributed by atoms with van der Waals surface area (Å²) in [6.45, 7) is 1.48. The molecule has 1 amide bonds. The topological polar surface area (TPSA) is 74.0 Å². The van der Waals surface area contributed by atoms with Gasteiger partial charge in [0.25, 0.3) is 5.56 Å². The number of amides is 1. The van der Waals surface area contributed by atoms with Crippen LogP contribution in [-0.4, -0.2) is 10.9 Å². The van der Waals surface area contributed by atoms with Gasteiger partial charge in [0.15, 0.2) is 0 Å². The molecule has 5 heteroatoms. The molecular weight excluding hydrogens is 350 g/mol. The molecule has 1 aromatic heterocycles. The molecule has 0 unspecified atom stereocenters. The lowest BCUT2D eigenvalue weighted by Gasteiger charge is -2.09. The summed E-state index contributed by atoms with van der Waals surface area (Å²) in [7, 11) is 0. The van der Waals surface area contributed by atoms with Crippen molar-refractivity contribution in [3.05, 3.63) is 89.2 Å². The fourth-order valence-corrected chi connectivity index (χ4v) is 3.17. The van der Waals surface area contributed by atoms with Crippen LogP contribution in [0.1, 0.15) is 6.92 Å². The fourth-order valence-electron chi connectivity index (χ4n) is 3.17. The molecule has 0 bridgehead atoms. The minimum absolute atomic E-state index is 0.112. The Kier molecular flexibility index (Phi) is 4.64. The van der Waals surface area contributed by atoms with Crippen molar-refractivity contribution in [2.45, 2.75) is 6.92 Å². The van der Waals surface area contributed by atoms with Crippen LogP contribution in [0.3, 0.4) is 0 Å². The smallest absolute Gasteiger partial charge is 0.257 e. The van der Waals surface area contributed by atoms with Crippen molar-refractivity contribution in [1.29, 1.82) is 0 Å². The number of aromatic nitrogens is 1. The van der Waals surface area contributed by atoms with E-state index in [-0.39, 0.29) is 11.5 Å². The number of hydrogen-bond donors (Lipinski definition) is 3. The highest BCUT2D eigenvalue weighted by Crippen LogP contribution is 2.26. The number of benzene rings is 3. The van der Waals surface area contributed by atoms with Crippen molar-refractivity contribution in [1.82, 2.24) is 4.98 Å². The molecule has 5 nitrogen and oxygen atoms in total. The van der Waals surface area contributed by atoms with E-state index in [2.05, 4.69) is 15.6 Å². The number of pyridine rings is 1. The second kappa shape index (κ2) is 7.40. The molecule has 0 atom stereocenters. The second-order valence-corrected chi connectivity index (χ2v) is 6.57. The van der Waals surface area contributed by atoms with E-state index < -0.39 is 0 Å². The third-order valence-corrected chi connectivity index (χ3v) is 4.41. The first kappa shape index (κ1) is 17.5. The minimum Gasteiger partial charge on any atom is -0.342 e. The molecule has 0 spiro atoms. The van der Waals surface area contributed by atoms with Crippen LogP contribution in [0.4, 0.5) is 17.2 Å². The summed E-state index contributed by atoms with van der Waals surface area (Å²) in [5, 5.41) is 7.48. The Morgan fingerprint density at radius 1 is 0.821 bits per heavy atom. The maximum Gasteiger partial charge on any atom is 0.257 e. The van der Waals surface area contributed by atoms with Crippen molar-refractivity contribution in [2.75, 3.05) is 10.6 Å². The highest BCUT2D eigenvalue weighted by molar-refractivity contribution is 5.91. The molecule has 0 saturated carbocycles. The van der Waals surface area contributed by atoms with Gasteiger partial charge < -0.3 is 15.6 Å². The molecule has 4 rings (SSSR count). The highest BCUT2D eigenvalue weighted by Gasteiger charge is 2.06. The van der Waals surface area contributed by atoms with Crippen LogP contribution in [0, 0.1) is 0 Å². The number of rotatable bonds is 4. The Bertz CT molecular complexity index is 1210. The molecule has 28 heavy (non-hydrogen) atoms. The van der Waals surface area contributed by atoms with E-state index >= 15 is 0 Å². The Hall–Kier alpha value is -3.86. The first-order valence-corrected chi connectivity index (χ1v) is 8.96. The van der Waals surface area contributed by atoms with Gasteiger partial charge >= 0.3 is 0 Å². The van der Waals surface area contributed by atoms with E-state index in [1.54, 1.807) is 0 Å². The molecule has 0 aliphatic carbocycles. The van der Waals surface area contributed by atoms with Crippen molar-refractivity contribution >= 4 is 33.9 Å². The Labute approximate surface area is 162 Å². The van der Waals surface area contributed by atoms with E-state index in [0.717, 1.165) is 27.9 Å². The van der Waals surface area contributed by atoms with Crippen LogP contribution >= 0.6 is 0 Å². The number of hydrogen-bond acceptors (Lipinski definition) is 3. The molecule has 0 saturated heterocycles. The molecule has 0 fully saturated rings. The summed E-state index contributed by atoms with van der Waals surface area (Å²) in [5.74, 6) is 0.520. The minimum atomic E-state index is -0.144. The van der Waals surface area contributed by atoms with Gasteiger partial charge in [-0.05, 0) is 59.0 Å². The molecule has 1 heterocycles. The zero-order valence-electron chi connectivity index (χ0n) is 15.3. The fraction of sp³-hybridized carbons (Fsp3) is 0.0435. The summed E-state index contributed by atoms with van der Waals surface area (Å²) in [4.78, 5) is 26.6. The Balaban J connectivity index is 1.74. The highest BCUT2D eigenvalue weighted by atomic mass is 16.1. The van der Waals surface area contributed by atoms with Crippen LogP contribution in [-0.2, 0) is 4.79 Å². The van der Waals surface area contributed by atoms with Crippen LogP contribution in [0.25, 0.3) is 21.9 Å². The number of nitrogens with one attached hydrogen (secondary N) is 3. The third-order valence-electron chi connectivity index (χ3n) is 4.41. The normalized spacial score (nSPS) is 10.6. The number of para-hydroxylation sites is 1. The number of anilines is 3. The van der Waals surface area contributed by atoms with Gasteiger partial charge in [0, 0.05) is 23.7 Å². The molecule has 138 valence electrons. The summed E-state index contributed by atoms with van der Waals surface area (Å²) in [6, 6.07) is 24.9. The lowest BCUT2D eigenvalue weighted by Crippen LogP contribution is -2.08. The van der Waals surface area contributed by atoms with Gasteiger partial charge in [-0.25, -0.2) is 0 Å². The largest absolute Gasteiger partial charge is 0.342 e. The predicted octanol–water partition coefficient (Wildman–Crippen LogP) is 4.90. The quantitative estimate of drug-likeness (QED) is 0.479. The van der Waals surface area contributed by atoms with Gasteiger partial charge in [0.2, 0.25) is 5.91 Å². The molecule has 3 aromatic carbocycles. The lowest BCUT2D eigenvalue weighted by atomic mass is 10.0. The molecule has 0 aliphatic heterocycles. The van der Waals surface area contributed by atoms with Crippen molar-refractivity contribution < 1.29 is 4.79 Å². The van der Waals surface area contributed by atoms with Gasteiger partial charge in [0.1, 0.15) is 5.82 Å². The summed E-state index contributed by atoms with van der Waals surface area (Å²) < 4.78 is 0. The zero-order chi connectivity index (χ0) is 19.5. The zero-order valence-corrected chi connectivity index (χ0v) is 15.3. The average molecular weight is 369 g/mol. The van der Waals surface area contributed by atoms with E-state index in [9.17, 15) is 9.59 Å². The predicted molar refractivity (Wildman–Crippen MR) is 114 cm³/mol. The molecule has 0 radical (unpaired) electrons. The summed E-state index contributed by atoms with van der Waals surface area (Å²) >= 11 is 0. The number of carbonyl (C=O) groups excluding carboxylic acids is 1. The molecule has 4 aromatic rings. The van der Waals surface area contributed by atoms with Crippen molar-refractivity contribution in [3.63, 3.8) is 0 Å². The Morgan fingerprint density at radius 3 is 2.36 bits per heavy atom. The number of aromatic amines is 1. The number of H-pyrrole nitrogens is 1. The van der Waals surface area contributed by atoms with E-state index in [1.165, 1.54) is 6.92 Å². The van der Waals surface area contributed by atoms with Gasteiger partial charge in [-0.3, -0.25) is 9.59 Å². The third kappa shape index (κ3) is 3.78. The monoisotopic (exact) mass is 369 g/mol. The number of fused-ring (bicyclic) bond motifs is 1. The maximum atomic E-state index is 12.5. The van der Waals surface area contributed by atoms with Gasteiger partial charge in [-0.1, -0.05) is 36.4 Å². The lowest BCUT2D eigenvalue weighted by molar-refractivity contribution is -0.114. The molecular formula is C23H19N3O2. The van der Waals surface area contributed by atoms with E-state index in [4.69, 9.17) is 0 Å². The number of carbonyl (C=O) groups is 1. The van der Waals surface area contributed by atoms with Gasteiger partial charge in [-0.2, -0.15) is 0 Å². The van der Waals surface area contributed by atoms with Crippen LogP contribution in [0.15, 0.2) is 83.7 Å². The summed E-state index contributed by atoms with van der Waals surface area (Å²) in [6.07, 6.45) is 0. The van der Waals surface area contributed by atoms with Gasteiger partial charge in [-0.15, -0.1) is 0 Å². The van der Waals surface area contributed by atoms with Crippen molar-refractivity contribution in [2.24, 2.45) is 0 Å². The van der Waals surface area contributed by atoms with Crippen LogP contribution < -0.4 is 16.2 Å². The first-order chi connectivity index (χ1) is 13.6. The molecule has 3 N–H and O–H groups in total. The van der Waals surface area contributed by atoms with Gasteiger partial charge in [0.05, 0.1) is 0 Å². The second-order valence-electron chi connectivity index (χ2n) is 6.57. The first-order valence-electron chi connectivity index (χ1n) is 8.96. The van der Waals surface area contributed by atoms with Crippen LogP contribution in [0.2, 0.25) is 0 Å².